The summed E-state index contributed by atoms with van der Waals surface area (Å²) in [5, 5.41) is 3.41. The Kier molecular flexibility index (Phi) is 6.89. The number of H-pyrrole nitrogens is 2. The molecule has 27 heavy (non-hydrogen) atoms. The summed E-state index contributed by atoms with van der Waals surface area (Å²) in [5.74, 6) is 0.466. The van der Waals surface area contributed by atoms with Gasteiger partial charge in [0.15, 0.2) is 6.10 Å². The highest BCUT2D eigenvalue weighted by atomic mass is 33.1. The third-order valence-corrected chi connectivity index (χ3v) is 7.35. The number of rotatable bonds is 8. The van der Waals surface area contributed by atoms with Crippen molar-refractivity contribution in [3.05, 3.63) is 28.7 Å². The van der Waals surface area contributed by atoms with Crippen LogP contribution in [0.3, 0.4) is 0 Å². The number of nitrogens with one attached hydrogen (secondary N) is 3. The summed E-state index contributed by atoms with van der Waals surface area (Å²) in [4.78, 5) is 40.7. The van der Waals surface area contributed by atoms with E-state index in [2.05, 4.69) is 15.3 Å². The van der Waals surface area contributed by atoms with Gasteiger partial charge in [0.25, 0.3) is 5.91 Å². The number of carbonyl (C=O) groups excluding carboxylic acids is 2. The first-order valence-electron chi connectivity index (χ1n) is 9.02. The van der Waals surface area contributed by atoms with Gasteiger partial charge in [-0.05, 0) is 44.4 Å². The fourth-order valence-corrected chi connectivity index (χ4v) is 5.90. The van der Waals surface area contributed by atoms with Crippen molar-refractivity contribution in [3.63, 3.8) is 0 Å². The van der Waals surface area contributed by atoms with Gasteiger partial charge < -0.3 is 20.0 Å². The molecule has 3 rings (SSSR count). The number of unbranched alkanes of at least 4 members (excludes halogenated alkanes) is 1. The second kappa shape index (κ2) is 9.36. The maximum atomic E-state index is 12.2. The van der Waals surface area contributed by atoms with Crippen molar-refractivity contribution in [2.24, 2.45) is 0 Å². The van der Waals surface area contributed by atoms with E-state index >= 15 is 0 Å². The predicted molar refractivity (Wildman–Crippen MR) is 110 cm³/mol. The minimum atomic E-state index is -0.875. The highest BCUT2D eigenvalue weighted by Crippen LogP contribution is 2.39. The van der Waals surface area contributed by atoms with Gasteiger partial charge in [0.1, 0.15) is 0 Å². The van der Waals surface area contributed by atoms with E-state index in [9.17, 15) is 14.4 Å². The molecule has 7 nitrogen and oxygen atoms in total. The molecule has 0 radical (unpaired) electrons. The molecule has 9 heteroatoms. The zero-order valence-electron chi connectivity index (χ0n) is 15.1. The molecule has 1 aliphatic heterocycles. The molecule has 146 valence electrons. The Balaban J connectivity index is 1.40. The summed E-state index contributed by atoms with van der Waals surface area (Å²) >= 11 is 0. The molecule has 2 atom stereocenters. The van der Waals surface area contributed by atoms with Crippen LogP contribution in [0, 0.1) is 0 Å². The van der Waals surface area contributed by atoms with Crippen LogP contribution in [0.1, 0.15) is 39.0 Å². The van der Waals surface area contributed by atoms with E-state index in [1.807, 2.05) is 21.6 Å². The fraction of sp³-hybridized carbons (Fsp3) is 0.500. The Morgan fingerprint density at radius 2 is 2.11 bits per heavy atom. The van der Waals surface area contributed by atoms with E-state index in [0.717, 1.165) is 19.3 Å². The van der Waals surface area contributed by atoms with Crippen molar-refractivity contribution in [3.8, 4) is 0 Å². The van der Waals surface area contributed by atoms with Crippen molar-refractivity contribution in [2.45, 2.75) is 50.4 Å². The second-order valence-corrected chi connectivity index (χ2v) is 9.32. The monoisotopic (exact) mass is 409 g/mol. The summed E-state index contributed by atoms with van der Waals surface area (Å²) in [6.07, 6.45) is 3.62. The number of fused-ring (bicyclic) bond motifs is 1. The molecule has 3 N–H and O–H groups in total. The fourth-order valence-electron chi connectivity index (χ4n) is 2.87. The highest BCUT2D eigenvalue weighted by Gasteiger charge is 2.19. The predicted octanol–water partition coefficient (Wildman–Crippen LogP) is 3.44. The van der Waals surface area contributed by atoms with Crippen LogP contribution in [0.25, 0.3) is 11.0 Å². The van der Waals surface area contributed by atoms with Crippen molar-refractivity contribution in [1.29, 1.82) is 0 Å². The Labute approximate surface area is 164 Å². The summed E-state index contributed by atoms with van der Waals surface area (Å²) in [6, 6.07) is 5.03. The van der Waals surface area contributed by atoms with E-state index < -0.39 is 12.0 Å². The van der Waals surface area contributed by atoms with Gasteiger partial charge >= 0.3 is 11.7 Å². The molecule has 2 heterocycles. The highest BCUT2D eigenvalue weighted by molar-refractivity contribution is 8.77. The summed E-state index contributed by atoms with van der Waals surface area (Å²) in [7, 11) is 3.87. The molecular weight excluding hydrogens is 386 g/mol. The Morgan fingerprint density at radius 1 is 1.30 bits per heavy atom. The number of ether oxygens (including phenoxy) is 1. The van der Waals surface area contributed by atoms with E-state index in [1.165, 1.54) is 12.2 Å². The number of amides is 1. The number of imidazole rings is 1. The molecule has 1 aromatic heterocycles. The lowest BCUT2D eigenvalue weighted by molar-refractivity contribution is -0.153. The molecule has 2 aromatic rings. The Morgan fingerprint density at radius 3 is 2.89 bits per heavy atom. The van der Waals surface area contributed by atoms with Crippen molar-refractivity contribution < 1.29 is 14.3 Å². The zero-order chi connectivity index (χ0) is 19.2. The van der Waals surface area contributed by atoms with Gasteiger partial charge in [-0.2, -0.15) is 0 Å². The van der Waals surface area contributed by atoms with Gasteiger partial charge in [0.2, 0.25) is 0 Å². The molecule has 0 bridgehead atoms. The van der Waals surface area contributed by atoms with Crippen LogP contribution in [-0.4, -0.2) is 39.0 Å². The van der Waals surface area contributed by atoms with Crippen LogP contribution in [0.15, 0.2) is 23.0 Å². The lowest BCUT2D eigenvalue weighted by Crippen LogP contribution is -2.29. The first-order chi connectivity index (χ1) is 13.0. The number of hydrogen-bond acceptors (Lipinski definition) is 6. The van der Waals surface area contributed by atoms with Crippen LogP contribution in [0.5, 0.6) is 0 Å². The zero-order valence-corrected chi connectivity index (χ0v) is 16.7. The third kappa shape index (κ3) is 5.80. The van der Waals surface area contributed by atoms with Gasteiger partial charge in [-0.3, -0.25) is 9.59 Å². The van der Waals surface area contributed by atoms with E-state index in [0.29, 0.717) is 28.4 Å². The summed E-state index contributed by atoms with van der Waals surface area (Å²) in [5.41, 5.74) is 1.48. The van der Waals surface area contributed by atoms with Crippen molar-refractivity contribution in [2.75, 3.05) is 11.1 Å². The van der Waals surface area contributed by atoms with Gasteiger partial charge in [-0.15, -0.1) is 0 Å². The molecule has 1 aliphatic rings. The van der Waals surface area contributed by atoms with Crippen LogP contribution in [0.4, 0.5) is 5.69 Å². The first-order valence-corrected chi connectivity index (χ1v) is 11.4. The van der Waals surface area contributed by atoms with Crippen LogP contribution in [-0.2, 0) is 14.3 Å². The number of esters is 1. The maximum absolute atomic E-state index is 12.2. The summed E-state index contributed by atoms with van der Waals surface area (Å²) in [6.45, 7) is 1.55. The molecule has 0 saturated carbocycles. The maximum Gasteiger partial charge on any atom is 0.323 e. The minimum absolute atomic E-state index is 0.305. The van der Waals surface area contributed by atoms with Crippen LogP contribution < -0.4 is 11.0 Å². The standard InChI is InChI=1S/C18H23N3O4S2/c1-11(25-16(22)5-3-2-4-13-8-9-26-27-13)17(23)19-12-6-7-14-15(10-12)21-18(24)20-14/h6-7,10-11,13H,2-5,8-9H2,1H3,(H,19,23)(H2,20,21,24)/t11-,13-/m0/s1. The smallest absolute Gasteiger partial charge is 0.323 e. The number of carbonyl (C=O) groups is 2. The van der Waals surface area contributed by atoms with E-state index in [-0.39, 0.29) is 11.7 Å². The van der Waals surface area contributed by atoms with Crippen molar-refractivity contribution >= 4 is 50.2 Å². The lowest BCUT2D eigenvalue weighted by Gasteiger charge is -2.14. The largest absolute Gasteiger partial charge is 0.453 e. The number of aromatic amines is 2. The molecule has 0 aliphatic carbocycles. The quantitative estimate of drug-likeness (QED) is 0.350. The third-order valence-electron chi connectivity index (χ3n) is 4.35. The molecule has 1 saturated heterocycles. The van der Waals surface area contributed by atoms with Gasteiger partial charge in [0, 0.05) is 23.1 Å². The Bertz CT molecular complexity index is 858. The molecule has 0 spiro atoms. The number of anilines is 1. The topological polar surface area (TPSA) is 104 Å². The van der Waals surface area contributed by atoms with Crippen LogP contribution >= 0.6 is 21.6 Å². The SMILES string of the molecule is C[C@H](OC(=O)CCCC[C@H]1CCSS1)C(=O)Nc1ccc2[nH]c(=O)[nH]c2c1. The van der Waals surface area contributed by atoms with E-state index in [1.54, 1.807) is 25.1 Å². The van der Waals surface area contributed by atoms with Gasteiger partial charge in [0.05, 0.1) is 11.0 Å². The molecule has 1 aromatic carbocycles. The van der Waals surface area contributed by atoms with Crippen LogP contribution in [0.2, 0.25) is 0 Å². The molecule has 1 amide bonds. The molecule has 1 fully saturated rings. The van der Waals surface area contributed by atoms with Gasteiger partial charge in [-0.1, -0.05) is 28.0 Å². The Hall–Kier alpha value is -1.87. The van der Waals surface area contributed by atoms with Gasteiger partial charge in [-0.25, -0.2) is 4.79 Å². The van der Waals surface area contributed by atoms with Crippen molar-refractivity contribution in [1.82, 2.24) is 9.97 Å². The first kappa shape index (κ1) is 19.9. The lowest BCUT2D eigenvalue weighted by atomic mass is 10.1. The molecule has 0 unspecified atom stereocenters. The summed E-state index contributed by atoms with van der Waals surface area (Å²) < 4.78 is 5.22. The minimum Gasteiger partial charge on any atom is -0.453 e. The second-order valence-electron chi connectivity index (χ2n) is 6.54. The number of hydrogen-bond donors (Lipinski definition) is 3. The number of aromatic nitrogens is 2. The normalized spacial score (nSPS) is 17.7. The average molecular weight is 410 g/mol. The molecular formula is C18H23N3O4S2. The number of benzene rings is 1. The average Bonchev–Trinajstić information content (AvgIpc) is 3.26. The van der Waals surface area contributed by atoms with E-state index in [4.69, 9.17) is 4.74 Å².